The quantitative estimate of drug-likeness (QED) is 0.569. The highest BCUT2D eigenvalue weighted by Gasteiger charge is 2.36. The van der Waals surface area contributed by atoms with Gasteiger partial charge >= 0.3 is 0 Å². The van der Waals surface area contributed by atoms with Crippen molar-refractivity contribution in [1.29, 1.82) is 0 Å². The molecule has 0 spiro atoms. The Balaban J connectivity index is 1.45. The van der Waals surface area contributed by atoms with E-state index in [4.69, 9.17) is 9.47 Å². The van der Waals surface area contributed by atoms with Gasteiger partial charge < -0.3 is 9.47 Å². The van der Waals surface area contributed by atoms with Crippen molar-refractivity contribution in [2.45, 2.75) is 50.5 Å². The molecular formula is C25H34N2O4S. The minimum atomic E-state index is -3.47. The van der Waals surface area contributed by atoms with Crippen LogP contribution >= 0.6 is 0 Å². The molecule has 0 radical (unpaired) electrons. The molecular weight excluding hydrogens is 424 g/mol. The number of nitrogens with zero attached hydrogens (tertiary/aromatic N) is 2. The van der Waals surface area contributed by atoms with Crippen molar-refractivity contribution in [1.82, 2.24) is 9.21 Å². The third-order valence-corrected chi connectivity index (χ3v) is 8.81. The topological polar surface area (TPSA) is 59.1 Å². The van der Waals surface area contributed by atoms with E-state index in [1.165, 1.54) is 16.7 Å². The summed E-state index contributed by atoms with van der Waals surface area (Å²) in [6.45, 7) is 6.71. The van der Waals surface area contributed by atoms with Crippen LogP contribution in [0, 0.1) is 6.92 Å². The monoisotopic (exact) mass is 458 g/mol. The molecule has 7 heteroatoms. The molecule has 1 unspecified atom stereocenters. The molecule has 2 aromatic rings. The van der Waals surface area contributed by atoms with Gasteiger partial charge in [-0.3, -0.25) is 4.90 Å². The summed E-state index contributed by atoms with van der Waals surface area (Å²) in [6.07, 6.45) is 3.86. The minimum Gasteiger partial charge on any atom is -0.493 e. The summed E-state index contributed by atoms with van der Waals surface area (Å²) >= 11 is 0. The molecule has 0 aromatic heterocycles. The molecule has 2 aromatic carbocycles. The van der Waals surface area contributed by atoms with Crippen molar-refractivity contribution in [3.63, 3.8) is 0 Å². The van der Waals surface area contributed by atoms with Gasteiger partial charge in [0.1, 0.15) is 0 Å². The molecule has 32 heavy (non-hydrogen) atoms. The van der Waals surface area contributed by atoms with Crippen molar-refractivity contribution < 1.29 is 17.9 Å². The number of methoxy groups -OCH3 is 2. The van der Waals surface area contributed by atoms with E-state index in [2.05, 4.69) is 11.0 Å². The lowest BCUT2D eigenvalue weighted by Gasteiger charge is -2.36. The van der Waals surface area contributed by atoms with Crippen molar-refractivity contribution in [3.05, 3.63) is 52.6 Å². The van der Waals surface area contributed by atoms with Gasteiger partial charge in [0, 0.05) is 37.8 Å². The lowest BCUT2D eigenvalue weighted by atomic mass is 9.92. The van der Waals surface area contributed by atoms with Crippen LogP contribution in [0.15, 0.2) is 35.2 Å². The fraction of sp³-hybridized carbons (Fsp3) is 0.520. The smallest absolute Gasteiger partial charge is 0.243 e. The van der Waals surface area contributed by atoms with Crippen LogP contribution in [0.1, 0.15) is 48.1 Å². The lowest BCUT2D eigenvalue weighted by Crippen LogP contribution is -2.38. The Labute approximate surface area is 192 Å². The van der Waals surface area contributed by atoms with Gasteiger partial charge in [-0.25, -0.2) is 8.42 Å². The van der Waals surface area contributed by atoms with Crippen LogP contribution in [-0.4, -0.2) is 58.0 Å². The number of benzene rings is 2. The summed E-state index contributed by atoms with van der Waals surface area (Å²) < 4.78 is 39.1. The molecule has 6 nitrogen and oxygen atoms in total. The first-order valence-electron chi connectivity index (χ1n) is 11.5. The Morgan fingerprint density at radius 1 is 1.16 bits per heavy atom. The van der Waals surface area contributed by atoms with Crippen LogP contribution in [0.2, 0.25) is 0 Å². The highest BCUT2D eigenvalue weighted by atomic mass is 32.2. The maximum absolute atomic E-state index is 13.1. The maximum atomic E-state index is 13.1. The summed E-state index contributed by atoms with van der Waals surface area (Å²) in [5, 5.41) is 0. The predicted octanol–water partition coefficient (Wildman–Crippen LogP) is 3.96. The van der Waals surface area contributed by atoms with E-state index in [1.807, 2.05) is 26.0 Å². The minimum absolute atomic E-state index is 0.382. The van der Waals surface area contributed by atoms with Crippen molar-refractivity contribution in [3.8, 4) is 11.5 Å². The number of aryl methyl sites for hydroxylation is 1. The first kappa shape index (κ1) is 23.1. The van der Waals surface area contributed by atoms with E-state index in [0.29, 0.717) is 24.0 Å². The Kier molecular flexibility index (Phi) is 6.79. The van der Waals surface area contributed by atoms with E-state index in [1.54, 1.807) is 30.7 Å². The molecule has 1 aliphatic heterocycles. The molecule has 0 fully saturated rings. The zero-order valence-electron chi connectivity index (χ0n) is 19.6. The van der Waals surface area contributed by atoms with Crippen LogP contribution in [0.25, 0.3) is 0 Å². The van der Waals surface area contributed by atoms with Gasteiger partial charge in [-0.1, -0.05) is 19.1 Å². The Morgan fingerprint density at radius 2 is 1.97 bits per heavy atom. The number of hydrogen-bond donors (Lipinski definition) is 0. The van der Waals surface area contributed by atoms with Crippen LogP contribution < -0.4 is 9.47 Å². The molecule has 1 heterocycles. The summed E-state index contributed by atoms with van der Waals surface area (Å²) in [5.74, 6) is 1.70. The zero-order valence-corrected chi connectivity index (χ0v) is 20.4. The van der Waals surface area contributed by atoms with Crippen molar-refractivity contribution >= 4 is 10.0 Å². The average molecular weight is 459 g/mol. The number of ether oxygens (including phenoxy) is 2. The second-order valence-electron chi connectivity index (χ2n) is 8.67. The highest BCUT2D eigenvalue weighted by Crippen LogP contribution is 2.48. The molecule has 0 N–H and O–H groups in total. The fourth-order valence-electron chi connectivity index (χ4n) is 5.31. The van der Waals surface area contributed by atoms with Gasteiger partial charge in [0.25, 0.3) is 0 Å². The molecule has 174 valence electrons. The molecule has 4 rings (SSSR count). The molecule has 0 saturated heterocycles. The number of sulfonamides is 1. The van der Waals surface area contributed by atoms with Crippen LogP contribution in [0.3, 0.4) is 0 Å². The van der Waals surface area contributed by atoms with E-state index in [-0.39, 0.29) is 0 Å². The Hall–Kier alpha value is -2.09. The second-order valence-corrected chi connectivity index (χ2v) is 10.6. The Bertz CT molecular complexity index is 1080. The summed E-state index contributed by atoms with van der Waals surface area (Å²) in [4.78, 5) is 2.91. The normalized spacial score (nSPS) is 18.1. The van der Waals surface area contributed by atoms with E-state index in [9.17, 15) is 8.42 Å². The van der Waals surface area contributed by atoms with Gasteiger partial charge in [0.15, 0.2) is 11.5 Å². The lowest BCUT2D eigenvalue weighted by molar-refractivity contribution is 0.179. The average Bonchev–Trinajstić information content (AvgIpc) is 3.24. The first-order chi connectivity index (χ1) is 15.4. The SMILES string of the molecule is CCN(CCCN1CCc2cc(OC)c(OC)c3c2C1CC3)S(=O)(=O)c1cccc(C)c1. The third kappa shape index (κ3) is 4.14. The van der Waals surface area contributed by atoms with Crippen molar-refractivity contribution in [2.75, 3.05) is 40.4 Å². The van der Waals surface area contributed by atoms with E-state index >= 15 is 0 Å². The van der Waals surface area contributed by atoms with Gasteiger partial charge in [0.05, 0.1) is 19.1 Å². The Morgan fingerprint density at radius 3 is 2.66 bits per heavy atom. The number of rotatable bonds is 9. The maximum Gasteiger partial charge on any atom is 0.243 e. The fourth-order valence-corrected chi connectivity index (χ4v) is 6.91. The van der Waals surface area contributed by atoms with E-state index < -0.39 is 10.0 Å². The summed E-state index contributed by atoms with van der Waals surface area (Å²) in [6, 6.07) is 9.69. The predicted molar refractivity (Wildman–Crippen MR) is 126 cm³/mol. The molecule has 1 atom stereocenters. The van der Waals surface area contributed by atoms with Crippen LogP contribution in [0.4, 0.5) is 0 Å². The van der Waals surface area contributed by atoms with Crippen LogP contribution in [-0.2, 0) is 22.9 Å². The second kappa shape index (κ2) is 9.41. The molecule has 1 aliphatic carbocycles. The largest absolute Gasteiger partial charge is 0.493 e. The van der Waals surface area contributed by atoms with Gasteiger partial charge in [-0.2, -0.15) is 4.31 Å². The molecule has 2 aliphatic rings. The van der Waals surface area contributed by atoms with Crippen LogP contribution in [0.5, 0.6) is 11.5 Å². The van der Waals surface area contributed by atoms with Gasteiger partial charge in [-0.05, 0) is 67.5 Å². The molecule has 0 saturated carbocycles. The van der Waals surface area contributed by atoms with Gasteiger partial charge in [-0.15, -0.1) is 0 Å². The summed E-state index contributed by atoms with van der Waals surface area (Å²) in [7, 11) is -0.0582. The molecule has 0 amide bonds. The first-order valence-corrected chi connectivity index (χ1v) is 12.9. The highest BCUT2D eigenvalue weighted by molar-refractivity contribution is 7.89. The van der Waals surface area contributed by atoms with Gasteiger partial charge in [0.2, 0.25) is 10.0 Å². The number of hydrogen-bond acceptors (Lipinski definition) is 5. The van der Waals surface area contributed by atoms with E-state index in [0.717, 1.165) is 55.8 Å². The standard InChI is InChI=1S/C25H34N2O4S/c1-5-27(32(28,29)20-9-6-8-18(2)16-20)14-7-13-26-15-12-19-17-23(30-3)25(31-4)21-10-11-22(26)24(19)21/h6,8-9,16-17,22H,5,7,10-15H2,1-4H3. The zero-order chi connectivity index (χ0) is 22.9. The molecule has 0 bridgehead atoms. The third-order valence-electron chi connectivity index (χ3n) is 6.84. The van der Waals surface area contributed by atoms with Crippen molar-refractivity contribution in [2.24, 2.45) is 0 Å². The summed E-state index contributed by atoms with van der Waals surface area (Å²) in [5.41, 5.74) is 5.02.